The molecule has 1 atom stereocenters. The monoisotopic (exact) mass is 261 g/mol. The van der Waals surface area contributed by atoms with Crippen LogP contribution in [0.25, 0.3) is 0 Å². The van der Waals surface area contributed by atoms with Crippen LogP contribution in [-0.4, -0.2) is 0 Å². The molecule has 2 aromatic rings. The summed E-state index contributed by atoms with van der Waals surface area (Å²) in [5.41, 5.74) is 2.49. The lowest BCUT2D eigenvalue weighted by atomic mass is 10.1. The number of anilines is 1. The molecule has 0 aromatic heterocycles. The third-order valence-electron chi connectivity index (χ3n) is 3.19. The number of hydrogen-bond acceptors (Lipinski definition) is 1. The SMILES string of the molecule is Cc1cccc(C(C)Nc2c(F)ccc(C)c2F)c1. The number of aryl methyl sites for hydroxylation is 2. The minimum absolute atomic E-state index is 0.0611. The summed E-state index contributed by atoms with van der Waals surface area (Å²) in [6.45, 7) is 5.50. The fourth-order valence-corrected chi connectivity index (χ4v) is 2.03. The predicted octanol–water partition coefficient (Wildman–Crippen LogP) is 4.75. The van der Waals surface area contributed by atoms with Crippen LogP contribution in [0.15, 0.2) is 36.4 Å². The Morgan fingerprint density at radius 3 is 2.47 bits per heavy atom. The zero-order valence-corrected chi connectivity index (χ0v) is 11.3. The molecule has 1 unspecified atom stereocenters. The van der Waals surface area contributed by atoms with Gasteiger partial charge in [0.2, 0.25) is 0 Å². The van der Waals surface area contributed by atoms with Crippen molar-refractivity contribution in [1.29, 1.82) is 0 Å². The van der Waals surface area contributed by atoms with Gasteiger partial charge in [0, 0.05) is 6.04 Å². The highest BCUT2D eigenvalue weighted by Gasteiger charge is 2.14. The standard InChI is InChI=1S/C16H17F2N/c1-10-5-4-6-13(9-10)12(3)19-16-14(17)8-7-11(2)15(16)18/h4-9,12,19H,1-3H3. The molecule has 3 heteroatoms. The van der Waals surface area contributed by atoms with Gasteiger partial charge >= 0.3 is 0 Å². The Bertz CT molecular complexity index is 593. The molecular formula is C16H17F2N. The molecule has 2 aromatic carbocycles. The Morgan fingerprint density at radius 2 is 1.79 bits per heavy atom. The predicted molar refractivity (Wildman–Crippen MR) is 74.3 cm³/mol. The quantitative estimate of drug-likeness (QED) is 0.840. The van der Waals surface area contributed by atoms with Gasteiger partial charge in [-0.15, -0.1) is 0 Å². The van der Waals surface area contributed by atoms with Gasteiger partial charge in [0.1, 0.15) is 11.5 Å². The van der Waals surface area contributed by atoms with Crippen molar-refractivity contribution in [3.63, 3.8) is 0 Å². The molecule has 19 heavy (non-hydrogen) atoms. The highest BCUT2D eigenvalue weighted by molar-refractivity contribution is 5.50. The summed E-state index contributed by atoms with van der Waals surface area (Å²) in [4.78, 5) is 0. The lowest BCUT2D eigenvalue weighted by Gasteiger charge is -2.18. The minimum Gasteiger partial charge on any atom is -0.374 e. The largest absolute Gasteiger partial charge is 0.374 e. The second kappa shape index (κ2) is 5.39. The van der Waals surface area contributed by atoms with E-state index in [9.17, 15) is 8.78 Å². The first-order chi connectivity index (χ1) is 8.99. The Balaban J connectivity index is 2.29. The first-order valence-corrected chi connectivity index (χ1v) is 6.26. The van der Waals surface area contributed by atoms with Crippen LogP contribution in [0.1, 0.15) is 29.7 Å². The van der Waals surface area contributed by atoms with E-state index in [0.29, 0.717) is 5.56 Å². The average molecular weight is 261 g/mol. The van der Waals surface area contributed by atoms with E-state index in [0.717, 1.165) is 11.1 Å². The third-order valence-corrected chi connectivity index (χ3v) is 3.19. The van der Waals surface area contributed by atoms with Crippen LogP contribution in [0, 0.1) is 25.5 Å². The van der Waals surface area contributed by atoms with Gasteiger partial charge in [-0.3, -0.25) is 0 Å². The summed E-state index contributed by atoms with van der Waals surface area (Å²) in [5, 5.41) is 2.91. The molecule has 0 saturated carbocycles. The number of hydrogen-bond donors (Lipinski definition) is 1. The van der Waals surface area contributed by atoms with Crippen molar-refractivity contribution in [2.45, 2.75) is 26.8 Å². The van der Waals surface area contributed by atoms with E-state index in [1.54, 1.807) is 6.92 Å². The number of halogens is 2. The van der Waals surface area contributed by atoms with Crippen LogP contribution >= 0.6 is 0 Å². The second-order valence-corrected chi connectivity index (χ2v) is 4.83. The number of nitrogens with one attached hydrogen (secondary N) is 1. The van der Waals surface area contributed by atoms with Crippen molar-refractivity contribution in [3.8, 4) is 0 Å². The molecule has 0 aliphatic rings. The summed E-state index contributed by atoms with van der Waals surface area (Å²) in [6, 6.07) is 10.4. The fraction of sp³-hybridized carbons (Fsp3) is 0.250. The molecule has 0 radical (unpaired) electrons. The van der Waals surface area contributed by atoms with Gasteiger partial charge in [0.15, 0.2) is 5.82 Å². The fourth-order valence-electron chi connectivity index (χ4n) is 2.03. The maximum absolute atomic E-state index is 13.9. The number of rotatable bonds is 3. The molecule has 2 rings (SSSR count). The molecule has 1 nitrogen and oxygen atoms in total. The average Bonchev–Trinajstić information content (AvgIpc) is 2.39. The lowest BCUT2D eigenvalue weighted by Crippen LogP contribution is -2.10. The van der Waals surface area contributed by atoms with Gasteiger partial charge in [0.25, 0.3) is 0 Å². The van der Waals surface area contributed by atoms with Crippen LogP contribution in [0.2, 0.25) is 0 Å². The van der Waals surface area contributed by atoms with E-state index in [-0.39, 0.29) is 11.7 Å². The van der Waals surface area contributed by atoms with E-state index in [2.05, 4.69) is 5.32 Å². The molecule has 0 amide bonds. The van der Waals surface area contributed by atoms with Gasteiger partial charge in [-0.05, 0) is 38.0 Å². The van der Waals surface area contributed by atoms with Gasteiger partial charge in [0.05, 0.1) is 0 Å². The van der Waals surface area contributed by atoms with Crippen molar-refractivity contribution >= 4 is 5.69 Å². The Kier molecular flexibility index (Phi) is 3.84. The summed E-state index contributed by atoms with van der Waals surface area (Å²) in [6.07, 6.45) is 0. The maximum Gasteiger partial charge on any atom is 0.152 e. The van der Waals surface area contributed by atoms with Crippen LogP contribution in [0.5, 0.6) is 0 Å². The van der Waals surface area contributed by atoms with E-state index in [4.69, 9.17) is 0 Å². The molecule has 1 N–H and O–H groups in total. The van der Waals surface area contributed by atoms with E-state index >= 15 is 0 Å². The van der Waals surface area contributed by atoms with Gasteiger partial charge in [-0.1, -0.05) is 35.9 Å². The molecule has 0 saturated heterocycles. The smallest absolute Gasteiger partial charge is 0.152 e. The second-order valence-electron chi connectivity index (χ2n) is 4.83. The van der Waals surface area contributed by atoms with Crippen molar-refractivity contribution < 1.29 is 8.78 Å². The first-order valence-electron chi connectivity index (χ1n) is 6.26. The van der Waals surface area contributed by atoms with Gasteiger partial charge in [-0.25, -0.2) is 8.78 Å². The third kappa shape index (κ3) is 2.92. The molecule has 0 aliphatic heterocycles. The highest BCUT2D eigenvalue weighted by atomic mass is 19.1. The zero-order valence-electron chi connectivity index (χ0n) is 11.3. The van der Waals surface area contributed by atoms with Crippen LogP contribution in [0.3, 0.4) is 0 Å². The van der Waals surface area contributed by atoms with Crippen molar-refractivity contribution in [3.05, 3.63) is 64.7 Å². The van der Waals surface area contributed by atoms with Crippen LogP contribution in [-0.2, 0) is 0 Å². The first kappa shape index (κ1) is 13.5. The van der Waals surface area contributed by atoms with E-state index in [1.807, 2.05) is 38.1 Å². The summed E-state index contributed by atoms with van der Waals surface area (Å²) < 4.78 is 27.6. The van der Waals surface area contributed by atoms with Crippen molar-refractivity contribution in [1.82, 2.24) is 0 Å². The normalized spacial score (nSPS) is 12.3. The Labute approximate surface area is 112 Å². The summed E-state index contributed by atoms with van der Waals surface area (Å²) >= 11 is 0. The molecule has 0 heterocycles. The van der Waals surface area contributed by atoms with Gasteiger partial charge < -0.3 is 5.32 Å². The summed E-state index contributed by atoms with van der Waals surface area (Å²) in [5.74, 6) is -1.10. The maximum atomic E-state index is 13.9. The number of benzene rings is 2. The minimum atomic E-state index is -0.567. The molecular weight excluding hydrogens is 244 g/mol. The van der Waals surface area contributed by atoms with Crippen LogP contribution < -0.4 is 5.32 Å². The molecule has 0 spiro atoms. The van der Waals surface area contributed by atoms with Crippen molar-refractivity contribution in [2.75, 3.05) is 5.32 Å². The van der Waals surface area contributed by atoms with E-state index in [1.165, 1.54) is 12.1 Å². The topological polar surface area (TPSA) is 12.0 Å². The van der Waals surface area contributed by atoms with Crippen molar-refractivity contribution in [2.24, 2.45) is 0 Å². The van der Waals surface area contributed by atoms with Gasteiger partial charge in [-0.2, -0.15) is 0 Å². The lowest BCUT2D eigenvalue weighted by molar-refractivity contribution is 0.579. The molecule has 0 aliphatic carbocycles. The zero-order chi connectivity index (χ0) is 14.0. The molecule has 100 valence electrons. The van der Waals surface area contributed by atoms with Crippen LogP contribution in [0.4, 0.5) is 14.5 Å². The Hall–Kier alpha value is -1.90. The highest BCUT2D eigenvalue weighted by Crippen LogP contribution is 2.26. The molecule has 0 fully saturated rings. The Morgan fingerprint density at radius 1 is 1.05 bits per heavy atom. The molecule has 0 bridgehead atoms. The van der Waals surface area contributed by atoms with E-state index < -0.39 is 11.6 Å². The summed E-state index contributed by atoms with van der Waals surface area (Å²) in [7, 11) is 0.